The predicted molar refractivity (Wildman–Crippen MR) is 162 cm³/mol. The summed E-state index contributed by atoms with van der Waals surface area (Å²) >= 11 is 6.62. The Balaban J connectivity index is 2.11. The van der Waals surface area contributed by atoms with E-state index in [4.69, 9.17) is 41.5 Å². The number of methoxy groups -OCH3 is 2. The highest BCUT2D eigenvalue weighted by atomic mass is 35.5. The number of rotatable bonds is 11. The fourth-order valence-electron chi connectivity index (χ4n) is 4.88. The normalized spacial score (nSPS) is 15.6. The van der Waals surface area contributed by atoms with Gasteiger partial charge in [-0.1, -0.05) is 11.6 Å². The van der Waals surface area contributed by atoms with Gasteiger partial charge in [0.25, 0.3) is 0 Å². The predicted octanol–water partition coefficient (Wildman–Crippen LogP) is 3.81. The third-order valence-electron chi connectivity index (χ3n) is 7.07. The van der Waals surface area contributed by atoms with Gasteiger partial charge in [-0.15, -0.1) is 0 Å². The van der Waals surface area contributed by atoms with Crippen LogP contribution in [0.25, 0.3) is 23.0 Å². The Morgan fingerprint density at radius 2 is 1.90 bits per heavy atom. The Labute approximate surface area is 251 Å². The van der Waals surface area contributed by atoms with Gasteiger partial charge >= 0.3 is 6.09 Å². The molecule has 0 aliphatic carbocycles. The van der Waals surface area contributed by atoms with E-state index in [0.29, 0.717) is 77.2 Å². The number of ether oxygens (including phenoxy) is 3. The Hall–Kier alpha value is -3.67. The molecule has 0 unspecified atom stereocenters. The topological polar surface area (TPSA) is 149 Å². The Morgan fingerprint density at radius 1 is 1.21 bits per heavy atom. The second-order valence-corrected chi connectivity index (χ2v) is 10.6. The molecule has 1 aliphatic rings. The maximum atomic E-state index is 12.7. The molecule has 3 rings (SSSR count). The van der Waals surface area contributed by atoms with Crippen molar-refractivity contribution in [3.63, 3.8) is 0 Å². The summed E-state index contributed by atoms with van der Waals surface area (Å²) in [6.07, 6.45) is 2.16. The number of aromatic nitrogens is 2. The summed E-state index contributed by atoms with van der Waals surface area (Å²) in [5.74, 6) is 1.24. The quantitative estimate of drug-likeness (QED) is 0.256. The molecular weight excluding hydrogens is 562 g/mol. The third kappa shape index (κ3) is 7.99. The third-order valence-corrected chi connectivity index (χ3v) is 7.40. The minimum absolute atomic E-state index is 0.0422. The molecule has 4 N–H and O–H groups in total. The van der Waals surface area contributed by atoms with E-state index in [-0.39, 0.29) is 35.8 Å². The van der Waals surface area contributed by atoms with Crippen LogP contribution in [0.3, 0.4) is 0 Å². The minimum Gasteiger partial charge on any atom is -0.501 e. The second-order valence-electron chi connectivity index (χ2n) is 10.2. The van der Waals surface area contributed by atoms with Gasteiger partial charge in [0.05, 0.1) is 36.2 Å². The van der Waals surface area contributed by atoms with Crippen LogP contribution in [0.15, 0.2) is 29.7 Å². The first-order valence-corrected chi connectivity index (χ1v) is 14.1. The summed E-state index contributed by atoms with van der Waals surface area (Å²) in [5, 5.41) is 13.3. The van der Waals surface area contributed by atoms with Crippen LogP contribution in [0, 0.1) is 12.8 Å². The fourth-order valence-corrected chi connectivity index (χ4v) is 5.08. The molecule has 0 bridgehead atoms. The molecule has 1 fully saturated rings. The number of carbonyl (C=O) groups excluding carboxylic acids is 2. The van der Waals surface area contributed by atoms with Gasteiger partial charge in [0.1, 0.15) is 24.2 Å². The monoisotopic (exact) mass is 601 g/mol. The summed E-state index contributed by atoms with van der Waals surface area (Å²) < 4.78 is 16.5. The molecule has 1 atom stereocenters. The van der Waals surface area contributed by atoms with Gasteiger partial charge < -0.3 is 35.3 Å². The highest BCUT2D eigenvalue weighted by Crippen LogP contribution is 2.34. The summed E-state index contributed by atoms with van der Waals surface area (Å²) in [6.45, 7) is 6.44. The van der Waals surface area contributed by atoms with E-state index < -0.39 is 6.10 Å². The molecule has 2 heterocycles. The van der Waals surface area contributed by atoms with E-state index in [1.165, 1.54) is 14.0 Å². The molecule has 228 valence electrons. The first kappa shape index (κ1) is 32.8. The van der Waals surface area contributed by atoms with Crippen LogP contribution in [0.4, 0.5) is 4.79 Å². The highest BCUT2D eigenvalue weighted by Gasteiger charge is 2.27. The maximum absolute atomic E-state index is 12.7. The van der Waals surface area contributed by atoms with E-state index in [2.05, 4.69) is 5.32 Å². The summed E-state index contributed by atoms with van der Waals surface area (Å²) in [4.78, 5) is 35.9. The van der Waals surface area contributed by atoms with Crippen molar-refractivity contribution < 1.29 is 28.9 Å². The molecule has 2 aromatic rings. The van der Waals surface area contributed by atoms with Crippen molar-refractivity contribution in [2.75, 3.05) is 47.5 Å². The van der Waals surface area contributed by atoms with Gasteiger partial charge in [0.2, 0.25) is 0 Å². The van der Waals surface area contributed by atoms with E-state index in [1.807, 2.05) is 13.0 Å². The van der Waals surface area contributed by atoms with Crippen molar-refractivity contribution in [3.05, 3.63) is 51.6 Å². The number of benzene rings is 1. The number of aliphatic hydroxyl groups is 1. The van der Waals surface area contributed by atoms with Crippen LogP contribution in [0.5, 0.6) is 5.75 Å². The number of nitrogens with two attached hydrogens (primary N) is 1. The van der Waals surface area contributed by atoms with Crippen molar-refractivity contribution >= 4 is 35.1 Å². The zero-order valence-electron chi connectivity index (χ0n) is 25.0. The van der Waals surface area contributed by atoms with Crippen LogP contribution in [-0.2, 0) is 14.3 Å². The number of carbonyl (C=O) groups is 2. The number of nitrogens with zero attached hydrogens (tertiary/aromatic N) is 3. The standard InChI is InChI=1S/C30H40ClN5O6/c1-17-25(14-26(40-5)20-9-11-36(12-10-20)30(39)41-6)34-29(35-28(17)27(18(2)32)19(3)37)23-13-22(7-8-24(23)31)42-16-21(38)15-33-4/h7-8,13-14,20-21,33,38H,9-12,15-16,32H2,1-6H3/b26-14-,27-18?/t21-/m1/s1. The number of nitrogens with one attached hydrogen (secondary N) is 1. The summed E-state index contributed by atoms with van der Waals surface area (Å²) in [5.41, 5.74) is 8.83. The number of ketones is 1. The first-order chi connectivity index (χ1) is 20.0. The largest absolute Gasteiger partial charge is 0.501 e. The van der Waals surface area contributed by atoms with Gasteiger partial charge in [-0.2, -0.15) is 0 Å². The Morgan fingerprint density at radius 3 is 2.48 bits per heavy atom. The van der Waals surface area contributed by atoms with Gasteiger partial charge in [-0.3, -0.25) is 4.79 Å². The van der Waals surface area contributed by atoms with Gasteiger partial charge in [-0.05, 0) is 58.9 Å². The fraction of sp³-hybridized carbons (Fsp3) is 0.467. The second kappa shape index (κ2) is 15.0. The number of halogens is 1. The lowest BCUT2D eigenvalue weighted by Crippen LogP contribution is -2.38. The van der Waals surface area contributed by atoms with Crippen molar-refractivity contribution in [2.24, 2.45) is 11.7 Å². The number of likely N-dealkylation sites (N-methyl/N-ethyl adjacent to an activating group) is 1. The number of hydrogen-bond donors (Lipinski definition) is 3. The van der Waals surface area contributed by atoms with Crippen LogP contribution < -0.4 is 15.8 Å². The van der Waals surface area contributed by atoms with Crippen LogP contribution in [0.2, 0.25) is 5.02 Å². The zero-order valence-corrected chi connectivity index (χ0v) is 25.7. The molecule has 1 aliphatic heterocycles. The lowest BCUT2D eigenvalue weighted by atomic mass is 9.93. The average molecular weight is 602 g/mol. The van der Waals surface area contributed by atoms with Gasteiger partial charge in [-0.25, -0.2) is 14.8 Å². The van der Waals surface area contributed by atoms with E-state index >= 15 is 0 Å². The molecular formula is C30H40ClN5O6. The van der Waals surface area contributed by atoms with E-state index in [1.54, 1.807) is 44.2 Å². The Kier molecular flexibility index (Phi) is 11.7. The minimum atomic E-state index is -0.698. The van der Waals surface area contributed by atoms with Gasteiger partial charge in [0.15, 0.2) is 11.6 Å². The first-order valence-electron chi connectivity index (χ1n) is 13.7. The molecule has 1 saturated heterocycles. The smallest absolute Gasteiger partial charge is 0.409 e. The van der Waals surface area contributed by atoms with Crippen molar-refractivity contribution in [2.45, 2.75) is 39.7 Å². The lowest BCUT2D eigenvalue weighted by Gasteiger charge is -2.31. The molecule has 42 heavy (non-hydrogen) atoms. The van der Waals surface area contributed by atoms with E-state index in [9.17, 15) is 14.7 Å². The van der Waals surface area contributed by atoms with E-state index in [0.717, 1.165) is 0 Å². The van der Waals surface area contributed by atoms with Crippen LogP contribution in [-0.4, -0.2) is 85.5 Å². The highest BCUT2D eigenvalue weighted by molar-refractivity contribution is 6.33. The molecule has 1 aromatic heterocycles. The van der Waals surface area contributed by atoms with Crippen LogP contribution in [0.1, 0.15) is 43.6 Å². The maximum Gasteiger partial charge on any atom is 0.409 e. The number of allylic oxidation sites excluding steroid dienone is 3. The Bertz CT molecular complexity index is 1350. The molecule has 0 spiro atoms. The number of Topliss-reactive ketones (excluding diaryl/α,β-unsaturated/α-hetero) is 1. The summed E-state index contributed by atoms with van der Waals surface area (Å²) in [6, 6.07) is 5.06. The van der Waals surface area contributed by atoms with Crippen molar-refractivity contribution in [3.8, 4) is 17.1 Å². The number of aliphatic hydroxyl groups excluding tert-OH is 1. The number of amides is 1. The molecule has 12 heteroatoms. The molecule has 1 aromatic carbocycles. The number of piperidine rings is 1. The average Bonchev–Trinajstić information content (AvgIpc) is 2.96. The van der Waals surface area contributed by atoms with Crippen molar-refractivity contribution in [1.29, 1.82) is 0 Å². The molecule has 11 nitrogen and oxygen atoms in total. The van der Waals surface area contributed by atoms with Crippen molar-refractivity contribution in [1.82, 2.24) is 20.2 Å². The molecule has 0 radical (unpaired) electrons. The summed E-state index contributed by atoms with van der Waals surface area (Å²) in [7, 11) is 4.72. The SMILES string of the molecule is CNC[C@@H](O)COc1ccc(Cl)c(-c2nc(/C=C(\OC)C3CCN(C(=O)OC)CC3)c(C)c(C(C(C)=O)=C(C)N)n2)c1. The van der Waals surface area contributed by atoms with Gasteiger partial charge in [0, 0.05) is 48.5 Å². The molecule has 1 amide bonds. The zero-order chi connectivity index (χ0) is 31.0. The van der Waals surface area contributed by atoms with Crippen LogP contribution >= 0.6 is 11.6 Å². The lowest BCUT2D eigenvalue weighted by molar-refractivity contribution is -0.111. The number of likely N-dealkylation sites (tertiary alicyclic amines) is 1. The number of hydrogen-bond acceptors (Lipinski definition) is 10. The molecule has 0 saturated carbocycles.